The van der Waals surface area contributed by atoms with Crippen molar-refractivity contribution in [3.8, 4) is 0 Å². The summed E-state index contributed by atoms with van der Waals surface area (Å²) in [5, 5.41) is 9.79. The number of aliphatic hydroxyl groups is 1. The van der Waals surface area contributed by atoms with Gasteiger partial charge in [0.1, 0.15) is 5.82 Å². The lowest BCUT2D eigenvalue weighted by molar-refractivity contribution is 0.163. The molecule has 2 heteroatoms. The third kappa shape index (κ3) is 3.48. The lowest BCUT2D eigenvalue weighted by atomic mass is 10.0. The van der Waals surface area contributed by atoms with Gasteiger partial charge < -0.3 is 5.11 Å². The van der Waals surface area contributed by atoms with E-state index in [4.69, 9.17) is 0 Å². The Morgan fingerprint density at radius 2 is 2.20 bits per heavy atom. The highest BCUT2D eigenvalue weighted by Crippen LogP contribution is 2.23. The average Bonchev–Trinajstić information content (AvgIpc) is 2.18. The van der Waals surface area contributed by atoms with Gasteiger partial charge in [0, 0.05) is 5.56 Å². The monoisotopic (exact) mass is 208 g/mol. The highest BCUT2D eigenvalue weighted by Gasteiger charge is 2.12. The molecule has 1 aromatic carbocycles. The Balaban J connectivity index is 2.76. The summed E-state index contributed by atoms with van der Waals surface area (Å²) in [5.74, 6) is -0.338. The summed E-state index contributed by atoms with van der Waals surface area (Å²) >= 11 is 0. The summed E-state index contributed by atoms with van der Waals surface area (Å²) in [6.45, 7) is 7.54. The Kier molecular flexibility index (Phi) is 4.04. The molecule has 0 saturated heterocycles. The van der Waals surface area contributed by atoms with E-state index in [1.54, 1.807) is 12.1 Å². The van der Waals surface area contributed by atoms with Gasteiger partial charge in [-0.3, -0.25) is 0 Å². The number of aryl methyl sites for hydroxylation is 1. The van der Waals surface area contributed by atoms with Crippen LogP contribution in [-0.4, -0.2) is 5.11 Å². The van der Waals surface area contributed by atoms with Crippen molar-refractivity contribution in [2.45, 2.75) is 32.8 Å². The quantitative estimate of drug-likeness (QED) is 0.750. The molecule has 0 radical (unpaired) electrons. The number of benzene rings is 1. The van der Waals surface area contributed by atoms with Crippen molar-refractivity contribution in [2.75, 3.05) is 0 Å². The van der Waals surface area contributed by atoms with Crippen LogP contribution >= 0.6 is 0 Å². The van der Waals surface area contributed by atoms with Gasteiger partial charge in [-0.15, -0.1) is 6.58 Å². The Morgan fingerprint density at radius 3 is 2.80 bits per heavy atom. The van der Waals surface area contributed by atoms with Gasteiger partial charge >= 0.3 is 0 Å². The van der Waals surface area contributed by atoms with E-state index in [0.29, 0.717) is 18.4 Å². The maximum absolute atomic E-state index is 13.4. The van der Waals surface area contributed by atoms with E-state index in [2.05, 4.69) is 6.58 Å². The van der Waals surface area contributed by atoms with Gasteiger partial charge in [-0.25, -0.2) is 4.39 Å². The largest absolute Gasteiger partial charge is 0.388 e. The smallest absolute Gasteiger partial charge is 0.129 e. The van der Waals surface area contributed by atoms with Crippen LogP contribution in [-0.2, 0) is 0 Å². The minimum atomic E-state index is -0.735. The van der Waals surface area contributed by atoms with Gasteiger partial charge in [-0.2, -0.15) is 0 Å². The zero-order chi connectivity index (χ0) is 11.4. The Labute approximate surface area is 90.3 Å². The first-order valence-corrected chi connectivity index (χ1v) is 5.09. The van der Waals surface area contributed by atoms with E-state index < -0.39 is 6.10 Å². The van der Waals surface area contributed by atoms with Gasteiger partial charge in [-0.05, 0) is 32.8 Å². The van der Waals surface area contributed by atoms with Crippen molar-refractivity contribution in [2.24, 2.45) is 0 Å². The van der Waals surface area contributed by atoms with Gasteiger partial charge in [0.2, 0.25) is 0 Å². The van der Waals surface area contributed by atoms with Crippen LogP contribution in [0.5, 0.6) is 0 Å². The van der Waals surface area contributed by atoms with E-state index in [1.807, 2.05) is 13.8 Å². The van der Waals surface area contributed by atoms with Gasteiger partial charge in [0.25, 0.3) is 0 Å². The number of allylic oxidation sites excluding steroid dienone is 1. The molecule has 82 valence electrons. The molecule has 1 atom stereocenters. The Morgan fingerprint density at radius 1 is 1.53 bits per heavy atom. The predicted molar refractivity (Wildman–Crippen MR) is 60.1 cm³/mol. The second-order valence-corrected chi connectivity index (χ2v) is 4.04. The number of hydrogen-bond acceptors (Lipinski definition) is 1. The molecule has 1 nitrogen and oxygen atoms in total. The van der Waals surface area contributed by atoms with Crippen molar-refractivity contribution in [1.29, 1.82) is 0 Å². The Hall–Kier alpha value is -1.15. The molecule has 0 saturated carbocycles. The molecular formula is C13H17FO. The first-order chi connectivity index (χ1) is 7.00. The fourth-order valence-corrected chi connectivity index (χ4v) is 1.46. The second kappa shape index (κ2) is 5.08. The minimum Gasteiger partial charge on any atom is -0.388 e. The standard InChI is InChI=1S/C13H17FO/c1-9(2)4-7-13(15)11-8-10(3)5-6-12(11)14/h5-6,8,13,15H,1,4,7H2,2-3H3. The fraction of sp³-hybridized carbons (Fsp3) is 0.385. The highest BCUT2D eigenvalue weighted by atomic mass is 19.1. The molecule has 0 aliphatic rings. The fourth-order valence-electron chi connectivity index (χ4n) is 1.46. The summed E-state index contributed by atoms with van der Waals surface area (Å²) in [6, 6.07) is 4.79. The molecule has 0 aliphatic carbocycles. The van der Waals surface area contributed by atoms with Crippen LogP contribution in [0.2, 0.25) is 0 Å². The van der Waals surface area contributed by atoms with E-state index in [-0.39, 0.29) is 5.82 Å². The normalized spacial score (nSPS) is 12.5. The van der Waals surface area contributed by atoms with Crippen LogP contribution in [0.3, 0.4) is 0 Å². The summed E-state index contributed by atoms with van der Waals surface area (Å²) in [4.78, 5) is 0. The molecule has 0 bridgehead atoms. The maximum Gasteiger partial charge on any atom is 0.129 e. The molecule has 0 aliphatic heterocycles. The number of aliphatic hydroxyl groups excluding tert-OH is 1. The predicted octanol–water partition coefficient (Wildman–Crippen LogP) is 3.52. The van der Waals surface area contributed by atoms with Crippen LogP contribution in [0.25, 0.3) is 0 Å². The molecule has 0 heterocycles. The minimum absolute atomic E-state index is 0.338. The van der Waals surface area contributed by atoms with Crippen LogP contribution in [0, 0.1) is 12.7 Å². The van der Waals surface area contributed by atoms with E-state index in [0.717, 1.165) is 11.1 Å². The van der Waals surface area contributed by atoms with Crippen molar-refractivity contribution >= 4 is 0 Å². The summed E-state index contributed by atoms with van der Waals surface area (Å²) in [7, 11) is 0. The van der Waals surface area contributed by atoms with Crippen LogP contribution in [0.15, 0.2) is 30.4 Å². The SMILES string of the molecule is C=C(C)CCC(O)c1cc(C)ccc1F. The van der Waals surface area contributed by atoms with Crippen LogP contribution in [0.1, 0.15) is 37.0 Å². The molecule has 0 spiro atoms. The van der Waals surface area contributed by atoms with Crippen molar-refractivity contribution in [3.63, 3.8) is 0 Å². The van der Waals surface area contributed by atoms with Crippen molar-refractivity contribution in [1.82, 2.24) is 0 Å². The van der Waals surface area contributed by atoms with Gasteiger partial charge in [0.15, 0.2) is 0 Å². The maximum atomic E-state index is 13.4. The topological polar surface area (TPSA) is 20.2 Å². The van der Waals surface area contributed by atoms with Crippen LogP contribution in [0.4, 0.5) is 4.39 Å². The van der Waals surface area contributed by atoms with E-state index >= 15 is 0 Å². The van der Waals surface area contributed by atoms with Gasteiger partial charge in [-0.1, -0.05) is 23.3 Å². The second-order valence-electron chi connectivity index (χ2n) is 4.04. The first kappa shape index (κ1) is 11.9. The van der Waals surface area contributed by atoms with Crippen LogP contribution < -0.4 is 0 Å². The molecule has 1 rings (SSSR count). The third-order valence-corrected chi connectivity index (χ3v) is 2.36. The van der Waals surface area contributed by atoms with Gasteiger partial charge in [0.05, 0.1) is 6.10 Å². The highest BCUT2D eigenvalue weighted by molar-refractivity contribution is 5.25. The lowest BCUT2D eigenvalue weighted by Crippen LogP contribution is -2.01. The summed E-state index contributed by atoms with van der Waals surface area (Å²) in [5.41, 5.74) is 2.35. The molecule has 1 aromatic rings. The molecule has 0 amide bonds. The van der Waals surface area contributed by atoms with E-state index in [1.165, 1.54) is 6.07 Å². The summed E-state index contributed by atoms with van der Waals surface area (Å²) in [6.07, 6.45) is 0.506. The summed E-state index contributed by atoms with van der Waals surface area (Å²) < 4.78 is 13.4. The number of halogens is 1. The third-order valence-electron chi connectivity index (χ3n) is 2.36. The zero-order valence-corrected chi connectivity index (χ0v) is 9.26. The van der Waals surface area contributed by atoms with E-state index in [9.17, 15) is 9.50 Å². The molecule has 15 heavy (non-hydrogen) atoms. The zero-order valence-electron chi connectivity index (χ0n) is 9.26. The molecular weight excluding hydrogens is 191 g/mol. The number of hydrogen-bond donors (Lipinski definition) is 1. The molecule has 0 fully saturated rings. The molecule has 1 unspecified atom stereocenters. The Bertz CT molecular complexity index is 358. The molecule has 1 N–H and O–H groups in total. The van der Waals surface area contributed by atoms with Crippen molar-refractivity contribution in [3.05, 3.63) is 47.3 Å². The molecule has 0 aromatic heterocycles. The number of rotatable bonds is 4. The lowest BCUT2D eigenvalue weighted by Gasteiger charge is -2.12. The van der Waals surface area contributed by atoms with Crippen molar-refractivity contribution < 1.29 is 9.50 Å². The first-order valence-electron chi connectivity index (χ1n) is 5.09. The average molecular weight is 208 g/mol.